The summed E-state index contributed by atoms with van der Waals surface area (Å²) in [4.78, 5) is 33.2. The number of aryl methyl sites for hydroxylation is 1. The van der Waals surface area contributed by atoms with Gasteiger partial charge in [0.05, 0.1) is 12.6 Å². The van der Waals surface area contributed by atoms with Gasteiger partial charge in [0, 0.05) is 23.0 Å². The van der Waals surface area contributed by atoms with Gasteiger partial charge in [-0.15, -0.1) is 0 Å². The molecule has 2 amide bonds. The van der Waals surface area contributed by atoms with Crippen LogP contribution in [0.4, 0.5) is 5.69 Å². The van der Waals surface area contributed by atoms with Crippen molar-refractivity contribution in [2.45, 2.75) is 36.9 Å². The second-order valence-electron chi connectivity index (χ2n) is 6.15. The van der Waals surface area contributed by atoms with Gasteiger partial charge >= 0.3 is 0 Å². The van der Waals surface area contributed by atoms with E-state index < -0.39 is 6.04 Å². The summed E-state index contributed by atoms with van der Waals surface area (Å²) >= 11 is 1.44. The minimum absolute atomic E-state index is 0.0129. The Morgan fingerprint density at radius 1 is 1.23 bits per heavy atom. The van der Waals surface area contributed by atoms with Gasteiger partial charge in [0.25, 0.3) is 0 Å². The summed E-state index contributed by atoms with van der Waals surface area (Å²) < 4.78 is 0. The molecule has 0 saturated carbocycles. The van der Waals surface area contributed by atoms with Crippen LogP contribution in [0.2, 0.25) is 0 Å². The van der Waals surface area contributed by atoms with Crippen molar-refractivity contribution >= 4 is 29.3 Å². The molecule has 0 aliphatic heterocycles. The predicted octanol–water partition coefficient (Wildman–Crippen LogP) is 1.97. The number of anilines is 1. The highest BCUT2D eigenvalue weighted by Gasteiger charge is 2.17. The maximum Gasteiger partial charge on any atom is 0.243 e. The van der Waals surface area contributed by atoms with E-state index in [-0.39, 0.29) is 24.3 Å². The molecule has 8 heteroatoms. The number of nitrogens with one attached hydrogen (secondary N) is 2. The molecule has 2 aromatic rings. The van der Waals surface area contributed by atoms with Gasteiger partial charge in [-0.05, 0) is 54.4 Å². The molecule has 0 fully saturated rings. The number of hydrogen-bond acceptors (Lipinski definition) is 6. The summed E-state index contributed by atoms with van der Waals surface area (Å²) in [7, 11) is 0. The van der Waals surface area contributed by atoms with E-state index in [2.05, 4.69) is 20.6 Å². The summed E-state index contributed by atoms with van der Waals surface area (Å²) in [5, 5.41) is 6.00. The Morgan fingerprint density at radius 3 is 2.54 bits per heavy atom. The highest BCUT2D eigenvalue weighted by atomic mass is 32.2. The van der Waals surface area contributed by atoms with E-state index in [9.17, 15) is 9.59 Å². The van der Waals surface area contributed by atoms with Crippen LogP contribution in [0.25, 0.3) is 0 Å². The lowest BCUT2D eigenvalue weighted by atomic mass is 10.1. The summed E-state index contributed by atoms with van der Waals surface area (Å²) in [5.74, 6) is -0.621. The first kappa shape index (κ1) is 19.9. The fourth-order valence-corrected chi connectivity index (χ4v) is 2.88. The van der Waals surface area contributed by atoms with Crippen LogP contribution in [0.15, 0.2) is 46.7 Å². The zero-order chi connectivity index (χ0) is 19.1. The molecule has 0 spiro atoms. The number of benzene rings is 1. The van der Waals surface area contributed by atoms with Gasteiger partial charge in [-0.3, -0.25) is 9.59 Å². The number of carbonyl (C=O) groups excluding carboxylic acids is 2. The number of rotatable bonds is 7. The molecule has 0 aliphatic rings. The van der Waals surface area contributed by atoms with E-state index in [0.29, 0.717) is 10.8 Å². The monoisotopic (exact) mass is 373 g/mol. The third-order valence-corrected chi connectivity index (χ3v) is 4.55. The van der Waals surface area contributed by atoms with Gasteiger partial charge in [0.15, 0.2) is 5.16 Å². The average molecular weight is 373 g/mol. The van der Waals surface area contributed by atoms with Crippen LogP contribution in [-0.4, -0.2) is 34.4 Å². The van der Waals surface area contributed by atoms with Crippen LogP contribution < -0.4 is 16.4 Å². The Hall–Kier alpha value is -2.45. The van der Waals surface area contributed by atoms with E-state index >= 15 is 0 Å². The first-order valence-corrected chi connectivity index (χ1v) is 9.07. The maximum absolute atomic E-state index is 12.0. The highest BCUT2D eigenvalue weighted by molar-refractivity contribution is 7.99. The molecule has 1 atom stereocenters. The van der Waals surface area contributed by atoms with Crippen molar-refractivity contribution in [1.29, 1.82) is 0 Å². The van der Waals surface area contributed by atoms with Crippen molar-refractivity contribution in [2.24, 2.45) is 11.7 Å². The molecule has 1 aromatic carbocycles. The molecule has 7 nitrogen and oxygen atoms in total. The van der Waals surface area contributed by atoms with Crippen molar-refractivity contribution in [3.63, 3.8) is 0 Å². The first-order valence-electron chi connectivity index (χ1n) is 8.25. The van der Waals surface area contributed by atoms with E-state index in [4.69, 9.17) is 5.73 Å². The molecule has 0 radical (unpaired) electrons. The number of nitrogens with two attached hydrogens (primary N) is 1. The Balaban J connectivity index is 1.91. The third-order valence-electron chi connectivity index (χ3n) is 3.67. The number of hydrogen-bond donors (Lipinski definition) is 3. The summed E-state index contributed by atoms with van der Waals surface area (Å²) in [6, 6.07) is 6.79. The Labute approximate surface area is 157 Å². The second kappa shape index (κ2) is 9.30. The third kappa shape index (κ3) is 5.82. The minimum atomic E-state index is -0.624. The smallest absolute Gasteiger partial charge is 0.243 e. The molecular formula is C18H23N5O2S. The highest BCUT2D eigenvalue weighted by Crippen LogP contribution is 2.27. The van der Waals surface area contributed by atoms with E-state index in [1.54, 1.807) is 18.5 Å². The molecule has 26 heavy (non-hydrogen) atoms. The van der Waals surface area contributed by atoms with Crippen LogP contribution in [0, 0.1) is 12.8 Å². The van der Waals surface area contributed by atoms with Crippen LogP contribution in [-0.2, 0) is 9.59 Å². The Bertz CT molecular complexity index is 767. The molecule has 0 bridgehead atoms. The number of nitrogens with zero attached hydrogens (tertiary/aromatic N) is 2. The van der Waals surface area contributed by atoms with E-state index in [1.807, 2.05) is 39.0 Å². The van der Waals surface area contributed by atoms with Crippen LogP contribution in [0.1, 0.15) is 19.4 Å². The van der Waals surface area contributed by atoms with Gasteiger partial charge in [-0.1, -0.05) is 13.8 Å². The number of carbonyl (C=O) groups is 2. The second-order valence-corrected chi connectivity index (χ2v) is 7.19. The Kier molecular flexibility index (Phi) is 7.11. The number of aromatic nitrogens is 2. The molecule has 0 saturated heterocycles. The standard InChI is InChI=1S/C18H23N5O2S/c1-11(2)16(19)17(25)22-10-15(24)23-14-6-5-13(9-12(14)3)26-18-20-7-4-8-21-18/h4-9,11,16H,10,19H2,1-3H3,(H,22,25)(H,23,24)/t16-/m0/s1. The molecule has 2 rings (SSSR count). The average Bonchev–Trinajstić information content (AvgIpc) is 2.62. The van der Waals surface area contributed by atoms with E-state index in [1.165, 1.54) is 11.8 Å². The lowest BCUT2D eigenvalue weighted by Crippen LogP contribution is -2.46. The summed E-state index contributed by atoms with van der Waals surface area (Å²) in [6.07, 6.45) is 3.38. The zero-order valence-corrected chi connectivity index (χ0v) is 15.8. The summed E-state index contributed by atoms with van der Waals surface area (Å²) in [6.45, 7) is 5.49. The van der Waals surface area contributed by atoms with Gasteiger partial charge in [-0.2, -0.15) is 0 Å². The van der Waals surface area contributed by atoms with Crippen molar-refractivity contribution in [3.8, 4) is 0 Å². The normalized spacial score (nSPS) is 11.9. The van der Waals surface area contributed by atoms with Crippen LogP contribution >= 0.6 is 11.8 Å². The molecule has 138 valence electrons. The molecular weight excluding hydrogens is 350 g/mol. The zero-order valence-electron chi connectivity index (χ0n) is 15.0. The largest absolute Gasteiger partial charge is 0.346 e. The van der Waals surface area contributed by atoms with Gasteiger partial charge in [0.2, 0.25) is 11.8 Å². The molecule has 4 N–H and O–H groups in total. The van der Waals surface area contributed by atoms with Crippen molar-refractivity contribution in [1.82, 2.24) is 15.3 Å². The molecule has 1 aromatic heterocycles. The maximum atomic E-state index is 12.0. The van der Waals surface area contributed by atoms with Crippen molar-refractivity contribution in [2.75, 3.05) is 11.9 Å². The fourth-order valence-electron chi connectivity index (χ4n) is 2.07. The molecule has 1 heterocycles. The first-order chi connectivity index (χ1) is 12.4. The van der Waals surface area contributed by atoms with Gasteiger partial charge in [0.1, 0.15) is 0 Å². The molecule has 0 aliphatic carbocycles. The lowest BCUT2D eigenvalue weighted by Gasteiger charge is -2.15. The van der Waals surface area contributed by atoms with E-state index in [0.717, 1.165) is 10.5 Å². The minimum Gasteiger partial charge on any atom is -0.346 e. The molecule has 0 unspecified atom stereocenters. The van der Waals surface area contributed by atoms with Gasteiger partial charge < -0.3 is 16.4 Å². The quantitative estimate of drug-likeness (QED) is 0.640. The SMILES string of the molecule is Cc1cc(Sc2ncccn2)ccc1NC(=O)CNC(=O)[C@@H](N)C(C)C. The fraction of sp³-hybridized carbons (Fsp3) is 0.333. The topological polar surface area (TPSA) is 110 Å². The number of amides is 2. The predicted molar refractivity (Wildman–Crippen MR) is 102 cm³/mol. The lowest BCUT2D eigenvalue weighted by molar-refractivity contribution is -0.125. The summed E-state index contributed by atoms with van der Waals surface area (Å²) in [5.41, 5.74) is 7.34. The van der Waals surface area contributed by atoms with Crippen LogP contribution in [0.3, 0.4) is 0 Å². The van der Waals surface area contributed by atoms with Crippen molar-refractivity contribution in [3.05, 3.63) is 42.2 Å². The van der Waals surface area contributed by atoms with Crippen LogP contribution in [0.5, 0.6) is 0 Å². The van der Waals surface area contributed by atoms with Gasteiger partial charge in [-0.25, -0.2) is 9.97 Å². The Morgan fingerprint density at radius 2 is 1.92 bits per heavy atom. The van der Waals surface area contributed by atoms with Crippen molar-refractivity contribution < 1.29 is 9.59 Å².